The zero-order chi connectivity index (χ0) is 14.0. The maximum absolute atomic E-state index is 2.38. The minimum Gasteiger partial charge on any atom is -0.132 e. The van der Waals surface area contributed by atoms with E-state index in [1.807, 2.05) is 68.0 Å². The number of hydrogen-bond acceptors (Lipinski definition) is 6. The van der Waals surface area contributed by atoms with Crippen LogP contribution < -0.4 is 0 Å². The Balaban J connectivity index is 2.11. The van der Waals surface area contributed by atoms with Crippen LogP contribution in [0.15, 0.2) is 21.5 Å². The molecule has 1 aromatic carbocycles. The van der Waals surface area contributed by atoms with E-state index in [2.05, 4.69) is 21.5 Å². The first-order chi connectivity index (χ1) is 10.9. The van der Waals surface area contributed by atoms with Gasteiger partial charge in [-0.1, -0.05) is 0 Å². The second-order valence-electron chi connectivity index (χ2n) is 5.45. The van der Waals surface area contributed by atoms with E-state index in [4.69, 9.17) is 0 Å². The van der Waals surface area contributed by atoms with Crippen molar-refractivity contribution in [3.8, 4) is 0 Å². The van der Waals surface area contributed by atoms with Crippen LogP contribution in [0.3, 0.4) is 0 Å². The molecular formula is C16H4S6. The van der Waals surface area contributed by atoms with Crippen LogP contribution in [0.25, 0.3) is 59.1 Å². The molecule has 0 spiro atoms. The molecule has 0 aliphatic carbocycles. The zero-order valence-corrected chi connectivity index (χ0v) is 15.7. The topological polar surface area (TPSA) is 0 Å². The molecule has 0 atom stereocenters. The molecule has 0 unspecified atom stereocenters. The first-order valence-electron chi connectivity index (χ1n) is 6.73. The lowest BCUT2D eigenvalue weighted by atomic mass is 10.0. The summed E-state index contributed by atoms with van der Waals surface area (Å²) in [5.41, 5.74) is 0. The molecule has 0 fully saturated rings. The van der Waals surface area contributed by atoms with Gasteiger partial charge in [0.15, 0.2) is 0 Å². The van der Waals surface area contributed by atoms with Crippen molar-refractivity contribution in [2.75, 3.05) is 0 Å². The van der Waals surface area contributed by atoms with Crippen molar-refractivity contribution in [2.45, 2.75) is 0 Å². The third kappa shape index (κ3) is 1.13. The molecule has 6 heterocycles. The Morgan fingerprint density at radius 2 is 0.682 bits per heavy atom. The molecule has 0 aliphatic rings. The van der Waals surface area contributed by atoms with Gasteiger partial charge in [-0.3, -0.25) is 0 Å². The fourth-order valence-corrected chi connectivity index (χ4v) is 11.0. The van der Waals surface area contributed by atoms with E-state index in [0.29, 0.717) is 0 Å². The highest BCUT2D eigenvalue weighted by atomic mass is 32.2. The van der Waals surface area contributed by atoms with Gasteiger partial charge in [-0.05, 0) is 0 Å². The number of hydrogen-bond donors (Lipinski definition) is 0. The standard InChI is InChI=1S/C16H4S6/c1-5-6-2-18-14-10(6)12-8(4-20-16(12)22-14)7-3-19-15-11(7)9(5)13(17-1)21-15/h1-4H. The molecule has 0 radical (unpaired) electrons. The SMILES string of the molecule is c1sc2sc3scc4c5csc6sc7scc(c1c2c34)c7c65. The molecule has 7 aromatic rings. The molecule has 0 nitrogen and oxygen atoms in total. The third-order valence-electron chi connectivity index (χ3n) is 4.48. The van der Waals surface area contributed by atoms with Gasteiger partial charge < -0.3 is 0 Å². The molecule has 0 amide bonds. The van der Waals surface area contributed by atoms with E-state index in [9.17, 15) is 0 Å². The van der Waals surface area contributed by atoms with Crippen LogP contribution in [0.1, 0.15) is 0 Å². The van der Waals surface area contributed by atoms with Gasteiger partial charge in [-0.25, -0.2) is 0 Å². The van der Waals surface area contributed by atoms with Gasteiger partial charge in [-0.2, -0.15) is 0 Å². The van der Waals surface area contributed by atoms with Gasteiger partial charge >= 0.3 is 0 Å². The highest BCUT2D eigenvalue weighted by Gasteiger charge is 2.21. The Labute approximate surface area is 147 Å². The molecular weight excluding hydrogens is 385 g/mol. The Morgan fingerprint density at radius 1 is 0.409 bits per heavy atom. The van der Waals surface area contributed by atoms with E-state index >= 15 is 0 Å². The van der Waals surface area contributed by atoms with Crippen molar-refractivity contribution in [2.24, 2.45) is 0 Å². The van der Waals surface area contributed by atoms with Crippen molar-refractivity contribution in [3.63, 3.8) is 0 Å². The van der Waals surface area contributed by atoms with Crippen molar-refractivity contribution in [3.05, 3.63) is 21.5 Å². The third-order valence-corrected chi connectivity index (χ3v) is 11.3. The summed E-state index contributed by atoms with van der Waals surface area (Å²) in [4.78, 5) is 0. The summed E-state index contributed by atoms with van der Waals surface area (Å²) in [5.74, 6) is 0. The smallest absolute Gasteiger partial charge is 0.0892 e. The molecule has 0 N–H and O–H groups in total. The highest BCUT2D eigenvalue weighted by molar-refractivity contribution is 7.50. The normalized spacial score (nSPS) is 13.5. The number of fused-ring (bicyclic) bond motifs is 2. The summed E-state index contributed by atoms with van der Waals surface area (Å²) >= 11 is 11.6. The summed E-state index contributed by atoms with van der Waals surface area (Å²) in [5, 5.41) is 21.4. The van der Waals surface area contributed by atoms with Crippen molar-refractivity contribution >= 4 is 127 Å². The lowest BCUT2D eigenvalue weighted by molar-refractivity contribution is 2.23. The Hall–Kier alpha value is -0.760. The fourth-order valence-electron chi connectivity index (χ4n) is 3.57. The molecule has 6 heteroatoms. The van der Waals surface area contributed by atoms with Crippen LogP contribution in [0.2, 0.25) is 0 Å². The molecule has 22 heavy (non-hydrogen) atoms. The molecule has 0 bridgehead atoms. The summed E-state index contributed by atoms with van der Waals surface area (Å²) in [7, 11) is 0. The second kappa shape index (κ2) is 3.66. The lowest BCUT2D eigenvalue weighted by Crippen LogP contribution is -1.69. The van der Waals surface area contributed by atoms with Crippen molar-refractivity contribution in [1.82, 2.24) is 0 Å². The largest absolute Gasteiger partial charge is 0.132 e. The molecule has 0 saturated carbocycles. The van der Waals surface area contributed by atoms with Crippen LogP contribution in [-0.4, -0.2) is 0 Å². The second-order valence-corrected chi connectivity index (χ2v) is 12.0. The van der Waals surface area contributed by atoms with Gasteiger partial charge in [0.05, 0.1) is 16.1 Å². The number of thiophene rings is 6. The van der Waals surface area contributed by atoms with E-state index < -0.39 is 0 Å². The molecule has 0 saturated heterocycles. The molecule has 0 aliphatic heterocycles. The summed E-state index contributed by atoms with van der Waals surface area (Å²) in [6.45, 7) is 0. The molecule has 7 rings (SSSR count). The Kier molecular flexibility index (Phi) is 1.95. The van der Waals surface area contributed by atoms with Gasteiger partial charge in [0.1, 0.15) is 0 Å². The lowest BCUT2D eigenvalue weighted by Gasteiger charge is -1.95. The first-order valence-corrected chi connectivity index (χ1v) is 11.9. The Morgan fingerprint density at radius 3 is 0.955 bits per heavy atom. The maximum Gasteiger partial charge on any atom is 0.0892 e. The van der Waals surface area contributed by atoms with Crippen LogP contribution >= 0.6 is 68.0 Å². The van der Waals surface area contributed by atoms with E-state index in [1.165, 1.54) is 59.1 Å². The first kappa shape index (κ1) is 11.7. The predicted molar refractivity (Wildman–Crippen MR) is 110 cm³/mol. The van der Waals surface area contributed by atoms with Crippen LogP contribution in [0, 0.1) is 0 Å². The Bertz CT molecular complexity index is 1250. The van der Waals surface area contributed by atoms with E-state index in [1.54, 1.807) is 0 Å². The average Bonchev–Trinajstić information content (AvgIpc) is 3.21. The summed E-state index contributed by atoms with van der Waals surface area (Å²) < 4.78 is 5.95. The van der Waals surface area contributed by atoms with E-state index in [-0.39, 0.29) is 0 Å². The monoisotopic (exact) mass is 388 g/mol. The van der Waals surface area contributed by atoms with E-state index in [0.717, 1.165) is 0 Å². The summed E-state index contributed by atoms with van der Waals surface area (Å²) in [6, 6.07) is 0. The van der Waals surface area contributed by atoms with Gasteiger partial charge in [0, 0.05) is 64.6 Å². The minimum absolute atomic E-state index is 1.47. The summed E-state index contributed by atoms with van der Waals surface area (Å²) in [6.07, 6.45) is 0. The maximum atomic E-state index is 2.38. The fraction of sp³-hybridized carbons (Fsp3) is 0. The van der Waals surface area contributed by atoms with Crippen LogP contribution in [0.5, 0.6) is 0 Å². The van der Waals surface area contributed by atoms with Crippen molar-refractivity contribution < 1.29 is 0 Å². The zero-order valence-electron chi connectivity index (χ0n) is 10.8. The van der Waals surface area contributed by atoms with Crippen LogP contribution in [0.4, 0.5) is 0 Å². The minimum atomic E-state index is 1.47. The van der Waals surface area contributed by atoms with Gasteiger partial charge in [0.2, 0.25) is 0 Å². The quantitative estimate of drug-likeness (QED) is 0.244. The van der Waals surface area contributed by atoms with Crippen LogP contribution in [-0.2, 0) is 0 Å². The predicted octanol–water partition coefficient (Wildman–Crippen LogP) is 8.41. The molecule has 6 aromatic heterocycles. The average molecular weight is 389 g/mol. The molecule has 104 valence electrons. The van der Waals surface area contributed by atoms with Gasteiger partial charge in [0.25, 0.3) is 0 Å². The van der Waals surface area contributed by atoms with Gasteiger partial charge in [-0.15, -0.1) is 68.0 Å². The van der Waals surface area contributed by atoms with Crippen molar-refractivity contribution in [1.29, 1.82) is 0 Å². The number of rotatable bonds is 0. The highest BCUT2D eigenvalue weighted by Crippen LogP contribution is 2.54.